The summed E-state index contributed by atoms with van der Waals surface area (Å²) >= 11 is 0. The Morgan fingerprint density at radius 3 is 2.00 bits per heavy atom. The molecule has 2 fully saturated rings. The molecule has 1 aliphatic carbocycles. The fourth-order valence-corrected chi connectivity index (χ4v) is 2.95. The van der Waals surface area contributed by atoms with Gasteiger partial charge in [0, 0.05) is 17.4 Å². The standard InChI is InChI=1S/C10H17F2N.C2H6/c1-7-8(10(7,11)12)9(2)5-4-6-13(9)3;1-2/h7-8H,4-6H2,1-3H3;1-2H3. The molecule has 90 valence electrons. The maximum atomic E-state index is 13.2. The van der Waals surface area contributed by atoms with Gasteiger partial charge >= 0.3 is 0 Å². The van der Waals surface area contributed by atoms with E-state index in [4.69, 9.17) is 0 Å². The molecule has 1 saturated heterocycles. The van der Waals surface area contributed by atoms with E-state index >= 15 is 0 Å². The molecule has 0 aromatic rings. The zero-order chi connectivity index (χ0) is 11.9. The first-order valence-corrected chi connectivity index (χ1v) is 6.00. The molecule has 3 heteroatoms. The second-order valence-electron chi connectivity index (χ2n) is 4.82. The van der Waals surface area contributed by atoms with Crippen LogP contribution in [0.25, 0.3) is 0 Å². The Morgan fingerprint density at radius 1 is 1.27 bits per heavy atom. The summed E-state index contributed by atoms with van der Waals surface area (Å²) in [6, 6.07) is 0. The molecule has 1 nitrogen and oxygen atoms in total. The smallest absolute Gasteiger partial charge is 0.256 e. The molecule has 3 unspecified atom stereocenters. The highest BCUT2D eigenvalue weighted by Crippen LogP contribution is 2.62. The largest absolute Gasteiger partial charge is 0.300 e. The zero-order valence-corrected chi connectivity index (χ0v) is 10.5. The average molecular weight is 219 g/mol. The van der Waals surface area contributed by atoms with Crippen molar-refractivity contribution in [1.82, 2.24) is 4.90 Å². The molecular weight excluding hydrogens is 196 g/mol. The normalized spacial score (nSPS) is 43.4. The Kier molecular flexibility index (Phi) is 3.44. The summed E-state index contributed by atoms with van der Waals surface area (Å²) in [7, 11) is 1.97. The molecule has 1 heterocycles. The second kappa shape index (κ2) is 4.00. The summed E-state index contributed by atoms with van der Waals surface area (Å²) in [5.41, 5.74) is -0.247. The summed E-state index contributed by atoms with van der Waals surface area (Å²) < 4.78 is 26.5. The number of rotatable bonds is 1. The van der Waals surface area contributed by atoms with Crippen LogP contribution >= 0.6 is 0 Å². The topological polar surface area (TPSA) is 3.24 Å². The van der Waals surface area contributed by atoms with Crippen LogP contribution < -0.4 is 0 Å². The van der Waals surface area contributed by atoms with Crippen molar-refractivity contribution in [2.24, 2.45) is 11.8 Å². The van der Waals surface area contributed by atoms with Gasteiger partial charge < -0.3 is 4.90 Å². The van der Waals surface area contributed by atoms with Crippen molar-refractivity contribution in [2.45, 2.75) is 52.0 Å². The maximum Gasteiger partial charge on any atom is 0.256 e. The van der Waals surface area contributed by atoms with Crippen LogP contribution in [0, 0.1) is 11.8 Å². The summed E-state index contributed by atoms with van der Waals surface area (Å²) in [4.78, 5) is 2.11. The summed E-state index contributed by atoms with van der Waals surface area (Å²) in [6.07, 6.45) is 1.99. The van der Waals surface area contributed by atoms with Crippen LogP contribution in [0.2, 0.25) is 0 Å². The van der Waals surface area contributed by atoms with Gasteiger partial charge in [0.15, 0.2) is 0 Å². The average Bonchev–Trinajstić information content (AvgIpc) is 2.52. The molecule has 0 N–H and O–H groups in total. The minimum absolute atomic E-state index is 0.247. The highest BCUT2D eigenvalue weighted by Gasteiger charge is 2.72. The van der Waals surface area contributed by atoms with Gasteiger partial charge in [-0.25, -0.2) is 8.78 Å². The van der Waals surface area contributed by atoms with Gasteiger partial charge in [0.25, 0.3) is 5.92 Å². The fraction of sp³-hybridized carbons (Fsp3) is 1.00. The minimum Gasteiger partial charge on any atom is -0.300 e. The molecular formula is C12H23F2N. The molecule has 0 radical (unpaired) electrons. The van der Waals surface area contributed by atoms with Gasteiger partial charge in [-0.3, -0.25) is 0 Å². The number of hydrogen-bond acceptors (Lipinski definition) is 1. The Morgan fingerprint density at radius 2 is 1.73 bits per heavy atom. The molecule has 1 saturated carbocycles. The van der Waals surface area contributed by atoms with Gasteiger partial charge in [-0.05, 0) is 33.4 Å². The third-order valence-corrected chi connectivity index (χ3v) is 4.13. The van der Waals surface area contributed by atoms with Crippen molar-refractivity contribution in [3.05, 3.63) is 0 Å². The lowest BCUT2D eigenvalue weighted by Crippen LogP contribution is -2.42. The summed E-state index contributed by atoms with van der Waals surface area (Å²) in [5, 5.41) is 0. The van der Waals surface area contributed by atoms with Crippen LogP contribution in [0.1, 0.15) is 40.5 Å². The quantitative estimate of drug-likeness (QED) is 0.653. The molecule has 2 rings (SSSR count). The van der Waals surface area contributed by atoms with Crippen LogP contribution in [-0.4, -0.2) is 30.0 Å². The van der Waals surface area contributed by atoms with Crippen molar-refractivity contribution in [3.8, 4) is 0 Å². The number of halogens is 2. The number of hydrogen-bond donors (Lipinski definition) is 0. The Labute approximate surface area is 91.8 Å². The molecule has 15 heavy (non-hydrogen) atoms. The molecule has 0 spiro atoms. The highest BCUT2D eigenvalue weighted by molar-refractivity contribution is 5.15. The Bertz CT molecular complexity index is 230. The fourth-order valence-electron chi connectivity index (χ4n) is 2.95. The minimum atomic E-state index is -2.41. The highest BCUT2D eigenvalue weighted by atomic mass is 19.3. The number of alkyl halides is 2. The van der Waals surface area contributed by atoms with Gasteiger partial charge in [-0.2, -0.15) is 0 Å². The van der Waals surface area contributed by atoms with Crippen molar-refractivity contribution in [3.63, 3.8) is 0 Å². The molecule has 3 atom stereocenters. The van der Waals surface area contributed by atoms with Crippen molar-refractivity contribution < 1.29 is 8.78 Å². The van der Waals surface area contributed by atoms with E-state index in [2.05, 4.69) is 4.90 Å². The molecule has 0 amide bonds. The van der Waals surface area contributed by atoms with E-state index < -0.39 is 17.8 Å². The van der Waals surface area contributed by atoms with Crippen LogP contribution in [0.5, 0.6) is 0 Å². The lowest BCUT2D eigenvalue weighted by molar-refractivity contribution is 0.0449. The maximum absolute atomic E-state index is 13.2. The SMILES string of the molecule is CC.CC1C(C2(C)CCCN2C)C1(F)F. The van der Waals surface area contributed by atoms with Gasteiger partial charge in [0.05, 0.1) is 0 Å². The first-order chi connectivity index (χ1) is 6.90. The Hall–Kier alpha value is -0.180. The monoisotopic (exact) mass is 219 g/mol. The van der Waals surface area contributed by atoms with Crippen molar-refractivity contribution >= 4 is 0 Å². The molecule has 2 aliphatic rings. The molecule has 0 bridgehead atoms. The number of likely N-dealkylation sites (tertiary alicyclic amines) is 1. The zero-order valence-electron chi connectivity index (χ0n) is 10.5. The summed E-state index contributed by atoms with van der Waals surface area (Å²) in [5.74, 6) is -3.24. The molecule has 0 aromatic heterocycles. The van der Waals surface area contributed by atoms with Gasteiger partial charge in [-0.1, -0.05) is 20.8 Å². The molecule has 0 aromatic carbocycles. The molecule has 1 aliphatic heterocycles. The van der Waals surface area contributed by atoms with E-state index in [9.17, 15) is 8.78 Å². The summed E-state index contributed by atoms with van der Waals surface area (Å²) in [6.45, 7) is 8.62. The predicted octanol–water partition coefficient (Wildman–Crippen LogP) is 3.40. The first kappa shape index (κ1) is 12.9. The third-order valence-electron chi connectivity index (χ3n) is 4.13. The van der Waals surface area contributed by atoms with E-state index in [0.29, 0.717) is 0 Å². The van der Waals surface area contributed by atoms with Crippen LogP contribution in [0.4, 0.5) is 8.78 Å². The van der Waals surface area contributed by atoms with Crippen LogP contribution in [-0.2, 0) is 0 Å². The van der Waals surface area contributed by atoms with Crippen LogP contribution in [0.3, 0.4) is 0 Å². The lowest BCUT2D eigenvalue weighted by Gasteiger charge is -2.32. The van der Waals surface area contributed by atoms with E-state index in [0.717, 1.165) is 19.4 Å². The second-order valence-corrected chi connectivity index (χ2v) is 4.82. The van der Waals surface area contributed by atoms with Crippen LogP contribution in [0.15, 0.2) is 0 Å². The number of nitrogens with zero attached hydrogens (tertiary/aromatic N) is 1. The van der Waals surface area contributed by atoms with Crippen molar-refractivity contribution in [2.75, 3.05) is 13.6 Å². The Balaban J connectivity index is 0.000000531. The van der Waals surface area contributed by atoms with E-state index in [-0.39, 0.29) is 5.54 Å². The van der Waals surface area contributed by atoms with E-state index in [1.54, 1.807) is 6.92 Å². The van der Waals surface area contributed by atoms with Gasteiger partial charge in [0.2, 0.25) is 0 Å². The van der Waals surface area contributed by atoms with E-state index in [1.165, 1.54) is 0 Å². The predicted molar refractivity (Wildman–Crippen MR) is 59.2 cm³/mol. The van der Waals surface area contributed by atoms with Gasteiger partial charge in [0.1, 0.15) is 0 Å². The van der Waals surface area contributed by atoms with Crippen molar-refractivity contribution in [1.29, 1.82) is 0 Å². The third kappa shape index (κ3) is 1.79. The van der Waals surface area contributed by atoms with E-state index in [1.807, 2.05) is 27.8 Å². The first-order valence-electron chi connectivity index (χ1n) is 6.00. The van der Waals surface area contributed by atoms with Gasteiger partial charge in [-0.15, -0.1) is 0 Å². The lowest BCUT2D eigenvalue weighted by atomic mass is 9.91.